The van der Waals surface area contributed by atoms with Crippen LogP contribution in [0.4, 0.5) is 0 Å². The Bertz CT molecular complexity index is 91.6. The first-order chi connectivity index (χ1) is 5.04. The summed E-state index contributed by atoms with van der Waals surface area (Å²) in [5.41, 5.74) is 0. The Balaban J connectivity index is 3.24. The summed E-state index contributed by atoms with van der Waals surface area (Å²) in [6.45, 7) is 9.45. The third-order valence-corrected chi connectivity index (χ3v) is 2.71. The fourth-order valence-corrected chi connectivity index (χ4v) is 0.984. The third-order valence-electron chi connectivity index (χ3n) is 1.81. The van der Waals surface area contributed by atoms with Crippen LogP contribution in [0.3, 0.4) is 0 Å². The number of hydrogen-bond donors (Lipinski definition) is 0. The van der Waals surface area contributed by atoms with Gasteiger partial charge >= 0.3 is 0 Å². The largest absolute Gasteiger partial charge is 0.379 e. The van der Waals surface area contributed by atoms with Gasteiger partial charge in [-0.1, -0.05) is 29.8 Å². The molecule has 2 heteroatoms. The molecule has 0 aliphatic rings. The summed E-state index contributed by atoms with van der Waals surface area (Å²) >= 11 is 3.55. The van der Waals surface area contributed by atoms with Crippen molar-refractivity contribution in [3.05, 3.63) is 0 Å². The van der Waals surface area contributed by atoms with E-state index in [1.165, 1.54) is 0 Å². The van der Waals surface area contributed by atoms with E-state index in [-0.39, 0.29) is 0 Å². The minimum Gasteiger partial charge on any atom is -0.379 e. The molecular formula is C9H19BrO. The van der Waals surface area contributed by atoms with Crippen molar-refractivity contribution in [1.29, 1.82) is 0 Å². The fourth-order valence-electron chi connectivity index (χ4n) is 0.719. The second kappa shape index (κ2) is 6.01. The van der Waals surface area contributed by atoms with E-state index in [0.717, 1.165) is 13.0 Å². The van der Waals surface area contributed by atoms with Crippen LogP contribution in [-0.4, -0.2) is 17.5 Å². The molecule has 68 valence electrons. The summed E-state index contributed by atoms with van der Waals surface area (Å²) in [6.07, 6.45) is 1.51. The van der Waals surface area contributed by atoms with E-state index in [1.54, 1.807) is 0 Å². The SMILES string of the molecule is CC(C)OCCC(C)C(C)Br. The minimum atomic E-state index is 0.368. The minimum absolute atomic E-state index is 0.368. The van der Waals surface area contributed by atoms with Gasteiger partial charge in [0, 0.05) is 11.4 Å². The van der Waals surface area contributed by atoms with Gasteiger partial charge in [0.25, 0.3) is 0 Å². The molecule has 0 aliphatic heterocycles. The fraction of sp³-hybridized carbons (Fsp3) is 1.00. The molecule has 0 aromatic rings. The summed E-state index contributed by atoms with van der Waals surface area (Å²) < 4.78 is 5.44. The predicted molar refractivity (Wildman–Crippen MR) is 53.3 cm³/mol. The molecule has 0 rings (SSSR count). The maximum Gasteiger partial charge on any atom is 0.0518 e. The summed E-state index contributed by atoms with van der Waals surface area (Å²) in [6, 6.07) is 0. The van der Waals surface area contributed by atoms with Crippen molar-refractivity contribution >= 4 is 15.9 Å². The first-order valence-electron chi connectivity index (χ1n) is 4.29. The highest BCUT2D eigenvalue weighted by Crippen LogP contribution is 2.15. The topological polar surface area (TPSA) is 9.23 Å². The van der Waals surface area contributed by atoms with Crippen LogP contribution in [0.25, 0.3) is 0 Å². The molecule has 2 unspecified atom stereocenters. The Hall–Kier alpha value is 0.440. The quantitative estimate of drug-likeness (QED) is 0.650. The van der Waals surface area contributed by atoms with Crippen LogP contribution < -0.4 is 0 Å². The molecule has 0 bridgehead atoms. The van der Waals surface area contributed by atoms with Crippen molar-refractivity contribution in [1.82, 2.24) is 0 Å². The normalized spacial score (nSPS) is 16.9. The monoisotopic (exact) mass is 222 g/mol. The van der Waals surface area contributed by atoms with Crippen LogP contribution in [-0.2, 0) is 4.74 Å². The Morgan fingerprint density at radius 2 is 1.73 bits per heavy atom. The lowest BCUT2D eigenvalue weighted by atomic mass is 10.1. The highest BCUT2D eigenvalue weighted by atomic mass is 79.9. The Labute approximate surface area is 78.6 Å². The summed E-state index contributed by atoms with van der Waals surface area (Å²) in [4.78, 5) is 0.596. The Kier molecular flexibility index (Phi) is 6.25. The molecule has 11 heavy (non-hydrogen) atoms. The van der Waals surface area contributed by atoms with Gasteiger partial charge < -0.3 is 4.74 Å². The number of ether oxygens (including phenoxy) is 1. The van der Waals surface area contributed by atoms with Crippen LogP contribution in [0.2, 0.25) is 0 Å². The van der Waals surface area contributed by atoms with Gasteiger partial charge in [0.15, 0.2) is 0 Å². The maximum atomic E-state index is 5.44. The lowest BCUT2D eigenvalue weighted by Gasteiger charge is -2.14. The lowest BCUT2D eigenvalue weighted by molar-refractivity contribution is 0.0699. The second-order valence-electron chi connectivity index (χ2n) is 3.36. The maximum absolute atomic E-state index is 5.44. The number of hydrogen-bond acceptors (Lipinski definition) is 1. The van der Waals surface area contributed by atoms with E-state index in [2.05, 4.69) is 43.6 Å². The van der Waals surface area contributed by atoms with E-state index in [0.29, 0.717) is 16.8 Å². The van der Waals surface area contributed by atoms with E-state index in [1.807, 2.05) is 0 Å². The van der Waals surface area contributed by atoms with Crippen LogP contribution >= 0.6 is 15.9 Å². The van der Waals surface area contributed by atoms with E-state index < -0.39 is 0 Å². The van der Waals surface area contributed by atoms with Gasteiger partial charge in [-0.2, -0.15) is 0 Å². The molecule has 0 aromatic heterocycles. The number of rotatable bonds is 5. The lowest BCUT2D eigenvalue weighted by Crippen LogP contribution is -2.12. The van der Waals surface area contributed by atoms with Gasteiger partial charge in [0.1, 0.15) is 0 Å². The van der Waals surface area contributed by atoms with Crippen LogP contribution in [0.5, 0.6) is 0 Å². The van der Waals surface area contributed by atoms with Crippen molar-refractivity contribution in [2.24, 2.45) is 5.92 Å². The molecule has 0 saturated carbocycles. The number of alkyl halides is 1. The second-order valence-corrected chi connectivity index (χ2v) is 4.81. The van der Waals surface area contributed by atoms with E-state index in [4.69, 9.17) is 4.74 Å². The van der Waals surface area contributed by atoms with Crippen molar-refractivity contribution in [2.75, 3.05) is 6.61 Å². The summed E-state index contributed by atoms with van der Waals surface area (Å²) in [5.74, 6) is 0.703. The van der Waals surface area contributed by atoms with Crippen LogP contribution in [0.1, 0.15) is 34.1 Å². The molecule has 0 aromatic carbocycles. The molecule has 0 N–H and O–H groups in total. The molecule has 0 radical (unpaired) electrons. The van der Waals surface area contributed by atoms with Gasteiger partial charge in [-0.05, 0) is 26.2 Å². The van der Waals surface area contributed by atoms with Crippen molar-refractivity contribution in [3.8, 4) is 0 Å². The Morgan fingerprint density at radius 3 is 2.09 bits per heavy atom. The van der Waals surface area contributed by atoms with Crippen LogP contribution in [0.15, 0.2) is 0 Å². The van der Waals surface area contributed by atoms with Gasteiger partial charge in [-0.3, -0.25) is 0 Å². The molecule has 0 spiro atoms. The molecule has 0 saturated heterocycles. The average molecular weight is 223 g/mol. The molecule has 0 aliphatic carbocycles. The molecule has 0 fully saturated rings. The average Bonchev–Trinajstić information content (AvgIpc) is 1.86. The van der Waals surface area contributed by atoms with Gasteiger partial charge in [0.05, 0.1) is 6.10 Å². The zero-order valence-electron chi connectivity index (χ0n) is 7.93. The first-order valence-corrected chi connectivity index (χ1v) is 5.21. The van der Waals surface area contributed by atoms with Gasteiger partial charge in [-0.15, -0.1) is 0 Å². The molecule has 0 heterocycles. The van der Waals surface area contributed by atoms with Crippen LogP contribution in [0, 0.1) is 5.92 Å². The van der Waals surface area contributed by atoms with Crippen molar-refractivity contribution in [2.45, 2.75) is 45.0 Å². The zero-order chi connectivity index (χ0) is 8.85. The van der Waals surface area contributed by atoms with Gasteiger partial charge in [-0.25, -0.2) is 0 Å². The summed E-state index contributed by atoms with van der Waals surface area (Å²) in [7, 11) is 0. The van der Waals surface area contributed by atoms with E-state index in [9.17, 15) is 0 Å². The Morgan fingerprint density at radius 1 is 1.18 bits per heavy atom. The molecular weight excluding hydrogens is 204 g/mol. The molecule has 2 atom stereocenters. The highest BCUT2D eigenvalue weighted by molar-refractivity contribution is 9.09. The smallest absolute Gasteiger partial charge is 0.0518 e. The zero-order valence-corrected chi connectivity index (χ0v) is 9.52. The predicted octanol–water partition coefficient (Wildman–Crippen LogP) is 3.22. The van der Waals surface area contributed by atoms with E-state index >= 15 is 0 Å². The molecule has 1 nitrogen and oxygen atoms in total. The molecule has 0 amide bonds. The standard InChI is InChI=1S/C9H19BrO/c1-7(2)11-6-5-8(3)9(4)10/h7-9H,5-6H2,1-4H3. The highest BCUT2D eigenvalue weighted by Gasteiger charge is 2.07. The third kappa shape index (κ3) is 6.82. The van der Waals surface area contributed by atoms with Crippen molar-refractivity contribution < 1.29 is 4.74 Å². The first kappa shape index (κ1) is 11.4. The van der Waals surface area contributed by atoms with Gasteiger partial charge in [0.2, 0.25) is 0 Å². The van der Waals surface area contributed by atoms with Crippen molar-refractivity contribution in [3.63, 3.8) is 0 Å². The summed E-state index contributed by atoms with van der Waals surface area (Å²) in [5, 5.41) is 0. The number of halogens is 1.